The van der Waals surface area contributed by atoms with Crippen molar-refractivity contribution in [3.63, 3.8) is 0 Å². The number of hydrogen-bond acceptors (Lipinski definition) is 2. The summed E-state index contributed by atoms with van der Waals surface area (Å²) < 4.78 is 0. The molecule has 0 saturated heterocycles. The molecule has 0 unspecified atom stereocenters. The first kappa shape index (κ1) is 14.5. The van der Waals surface area contributed by atoms with Gasteiger partial charge in [0.1, 0.15) is 5.82 Å². The highest BCUT2D eigenvalue weighted by Gasteiger charge is 2.09. The average molecular weight is 310 g/mol. The molecule has 3 aromatic carbocycles. The fourth-order valence-electron chi connectivity index (χ4n) is 2.98. The van der Waals surface area contributed by atoms with Crippen LogP contribution in [0.4, 0.5) is 11.5 Å². The van der Waals surface area contributed by atoms with Gasteiger partial charge in [0.15, 0.2) is 0 Å². The SMILES string of the molecule is Cc1cccc2c(-c3ccccc3)cc(Nc3ccccc3)nc12. The molecular weight excluding hydrogens is 292 g/mol. The van der Waals surface area contributed by atoms with Crippen LogP contribution < -0.4 is 5.32 Å². The second-order valence-corrected chi connectivity index (χ2v) is 5.88. The van der Waals surface area contributed by atoms with Crippen molar-refractivity contribution < 1.29 is 0 Å². The molecule has 0 bridgehead atoms. The van der Waals surface area contributed by atoms with Gasteiger partial charge in [-0.1, -0.05) is 66.7 Å². The summed E-state index contributed by atoms with van der Waals surface area (Å²) in [5, 5.41) is 4.60. The topological polar surface area (TPSA) is 24.9 Å². The number of fused-ring (bicyclic) bond motifs is 1. The van der Waals surface area contributed by atoms with Crippen molar-refractivity contribution in [2.75, 3.05) is 5.32 Å². The van der Waals surface area contributed by atoms with E-state index >= 15 is 0 Å². The van der Waals surface area contributed by atoms with Crippen LogP contribution in [0.15, 0.2) is 84.9 Å². The molecule has 0 atom stereocenters. The maximum atomic E-state index is 4.85. The molecule has 4 aromatic rings. The summed E-state index contributed by atoms with van der Waals surface area (Å²) >= 11 is 0. The Bertz CT molecular complexity index is 977. The molecular formula is C22H18N2. The molecule has 0 amide bonds. The highest BCUT2D eigenvalue weighted by molar-refractivity contribution is 5.97. The second kappa shape index (κ2) is 6.17. The molecule has 2 heteroatoms. The van der Waals surface area contributed by atoms with Gasteiger partial charge in [-0.2, -0.15) is 0 Å². The third-order valence-electron chi connectivity index (χ3n) is 4.17. The summed E-state index contributed by atoms with van der Waals surface area (Å²) in [4.78, 5) is 4.85. The van der Waals surface area contributed by atoms with Crippen LogP contribution >= 0.6 is 0 Å². The van der Waals surface area contributed by atoms with Crippen molar-refractivity contribution >= 4 is 22.4 Å². The smallest absolute Gasteiger partial charge is 0.131 e. The van der Waals surface area contributed by atoms with E-state index in [1.165, 1.54) is 22.1 Å². The molecule has 2 nitrogen and oxygen atoms in total. The number of para-hydroxylation sites is 2. The number of anilines is 2. The molecule has 0 aliphatic heterocycles. The lowest BCUT2D eigenvalue weighted by atomic mass is 9.99. The van der Waals surface area contributed by atoms with E-state index in [1.54, 1.807) is 0 Å². The van der Waals surface area contributed by atoms with E-state index in [2.05, 4.69) is 60.8 Å². The van der Waals surface area contributed by atoms with Crippen LogP contribution in [0.3, 0.4) is 0 Å². The Balaban J connectivity index is 1.91. The van der Waals surface area contributed by atoms with Crippen LogP contribution in [-0.2, 0) is 0 Å². The van der Waals surface area contributed by atoms with Crippen LogP contribution in [-0.4, -0.2) is 4.98 Å². The highest BCUT2D eigenvalue weighted by Crippen LogP contribution is 2.32. The first-order chi connectivity index (χ1) is 11.8. The Morgan fingerprint density at radius 3 is 2.21 bits per heavy atom. The zero-order valence-corrected chi connectivity index (χ0v) is 13.5. The third-order valence-corrected chi connectivity index (χ3v) is 4.17. The Morgan fingerprint density at radius 1 is 0.750 bits per heavy atom. The molecule has 0 fully saturated rings. The third kappa shape index (κ3) is 2.74. The van der Waals surface area contributed by atoms with E-state index < -0.39 is 0 Å². The predicted octanol–water partition coefficient (Wildman–Crippen LogP) is 5.95. The van der Waals surface area contributed by atoms with Crippen LogP contribution in [0.25, 0.3) is 22.0 Å². The van der Waals surface area contributed by atoms with Crippen LogP contribution in [0.2, 0.25) is 0 Å². The van der Waals surface area contributed by atoms with Gasteiger partial charge in [-0.05, 0) is 41.8 Å². The zero-order valence-electron chi connectivity index (χ0n) is 13.5. The summed E-state index contributed by atoms with van der Waals surface area (Å²) in [6, 6.07) is 29.1. The summed E-state index contributed by atoms with van der Waals surface area (Å²) in [5.41, 5.74) is 5.66. The van der Waals surface area contributed by atoms with Crippen molar-refractivity contribution in [2.24, 2.45) is 0 Å². The minimum absolute atomic E-state index is 0.863. The van der Waals surface area contributed by atoms with Gasteiger partial charge < -0.3 is 5.32 Å². The van der Waals surface area contributed by atoms with Gasteiger partial charge in [0.25, 0.3) is 0 Å². The summed E-state index contributed by atoms with van der Waals surface area (Å²) in [6.45, 7) is 2.11. The lowest BCUT2D eigenvalue weighted by Crippen LogP contribution is -1.96. The van der Waals surface area contributed by atoms with E-state index in [9.17, 15) is 0 Å². The van der Waals surface area contributed by atoms with E-state index in [0.29, 0.717) is 0 Å². The normalized spacial score (nSPS) is 10.7. The van der Waals surface area contributed by atoms with E-state index in [4.69, 9.17) is 4.98 Å². The number of hydrogen-bond donors (Lipinski definition) is 1. The second-order valence-electron chi connectivity index (χ2n) is 5.88. The number of rotatable bonds is 3. The Hall–Kier alpha value is -3.13. The van der Waals surface area contributed by atoms with Crippen molar-refractivity contribution in [3.8, 4) is 11.1 Å². The standard InChI is InChI=1S/C22H18N2/c1-16-9-8-14-19-20(17-10-4-2-5-11-17)15-21(24-22(16)19)23-18-12-6-3-7-13-18/h2-15H,1H3,(H,23,24). The lowest BCUT2D eigenvalue weighted by Gasteiger charge is -2.13. The molecule has 4 rings (SSSR count). The average Bonchev–Trinajstić information content (AvgIpc) is 2.63. The number of aromatic nitrogens is 1. The molecule has 0 aliphatic carbocycles. The van der Waals surface area contributed by atoms with E-state index in [-0.39, 0.29) is 0 Å². The van der Waals surface area contributed by atoms with Gasteiger partial charge in [-0.25, -0.2) is 4.98 Å². The van der Waals surface area contributed by atoms with Gasteiger partial charge in [0.2, 0.25) is 0 Å². The number of aryl methyl sites for hydroxylation is 1. The molecule has 0 aliphatic rings. The minimum atomic E-state index is 0.863. The van der Waals surface area contributed by atoms with E-state index in [1.807, 2.05) is 36.4 Å². The maximum absolute atomic E-state index is 4.85. The van der Waals surface area contributed by atoms with Gasteiger partial charge in [-0.3, -0.25) is 0 Å². The van der Waals surface area contributed by atoms with Crippen LogP contribution in [0.5, 0.6) is 0 Å². The molecule has 24 heavy (non-hydrogen) atoms. The lowest BCUT2D eigenvalue weighted by molar-refractivity contribution is 1.34. The van der Waals surface area contributed by atoms with E-state index in [0.717, 1.165) is 17.0 Å². The molecule has 1 N–H and O–H groups in total. The fraction of sp³-hybridized carbons (Fsp3) is 0.0455. The van der Waals surface area contributed by atoms with Crippen molar-refractivity contribution in [1.82, 2.24) is 4.98 Å². The van der Waals surface area contributed by atoms with Gasteiger partial charge in [-0.15, -0.1) is 0 Å². The molecule has 0 spiro atoms. The summed E-state index contributed by atoms with van der Waals surface area (Å²) in [6.07, 6.45) is 0. The van der Waals surface area contributed by atoms with Crippen molar-refractivity contribution in [3.05, 3.63) is 90.5 Å². The van der Waals surface area contributed by atoms with Crippen molar-refractivity contribution in [1.29, 1.82) is 0 Å². The Labute approximate surface area is 141 Å². The van der Waals surface area contributed by atoms with Gasteiger partial charge in [0.05, 0.1) is 5.52 Å². The molecule has 1 heterocycles. The molecule has 1 aromatic heterocycles. The Kier molecular flexibility index (Phi) is 3.72. The number of nitrogens with zero attached hydrogens (tertiary/aromatic N) is 1. The van der Waals surface area contributed by atoms with Crippen LogP contribution in [0, 0.1) is 6.92 Å². The number of benzene rings is 3. The monoisotopic (exact) mass is 310 g/mol. The predicted molar refractivity (Wildman–Crippen MR) is 102 cm³/mol. The molecule has 0 radical (unpaired) electrons. The van der Waals surface area contributed by atoms with Crippen LogP contribution in [0.1, 0.15) is 5.56 Å². The first-order valence-electron chi connectivity index (χ1n) is 8.09. The largest absolute Gasteiger partial charge is 0.340 e. The van der Waals surface area contributed by atoms with Gasteiger partial charge >= 0.3 is 0 Å². The fourth-order valence-corrected chi connectivity index (χ4v) is 2.98. The highest BCUT2D eigenvalue weighted by atomic mass is 15.0. The van der Waals surface area contributed by atoms with Gasteiger partial charge in [0, 0.05) is 11.1 Å². The first-order valence-corrected chi connectivity index (χ1v) is 8.09. The summed E-state index contributed by atoms with van der Waals surface area (Å²) in [7, 11) is 0. The molecule has 0 saturated carbocycles. The quantitative estimate of drug-likeness (QED) is 0.505. The minimum Gasteiger partial charge on any atom is -0.340 e. The zero-order chi connectivity index (χ0) is 16.4. The Morgan fingerprint density at radius 2 is 1.46 bits per heavy atom. The summed E-state index contributed by atoms with van der Waals surface area (Å²) in [5.74, 6) is 0.863. The molecule has 116 valence electrons. The maximum Gasteiger partial charge on any atom is 0.131 e. The number of pyridine rings is 1. The number of nitrogens with one attached hydrogen (secondary N) is 1. The van der Waals surface area contributed by atoms with Crippen molar-refractivity contribution in [2.45, 2.75) is 6.92 Å².